The number of hydrogen-bond acceptors (Lipinski definition) is 4. The smallest absolute Gasteiger partial charge is 0.119 e. The summed E-state index contributed by atoms with van der Waals surface area (Å²) in [5, 5.41) is 9.09. The van der Waals surface area contributed by atoms with Crippen molar-refractivity contribution in [3.8, 4) is 5.75 Å². The second-order valence-corrected chi connectivity index (χ2v) is 2.54. The molecule has 1 rings (SSSR count). The van der Waals surface area contributed by atoms with Crippen LogP contribution in [0.15, 0.2) is 12.1 Å². The molecule has 0 atom stereocenters. The van der Waals surface area contributed by atoms with E-state index in [2.05, 4.69) is 0 Å². The maximum Gasteiger partial charge on any atom is 0.119 e. The Morgan fingerprint density at radius 2 is 1.83 bits per heavy atom. The van der Waals surface area contributed by atoms with E-state index in [9.17, 15) is 0 Å². The molecule has 0 heterocycles. The summed E-state index contributed by atoms with van der Waals surface area (Å²) in [5.74, 6) is 0.0739. The lowest BCUT2D eigenvalue weighted by Crippen LogP contribution is -2.01. The fourth-order valence-corrected chi connectivity index (χ4v) is 1.01. The van der Waals surface area contributed by atoms with E-state index in [1.54, 1.807) is 7.11 Å². The van der Waals surface area contributed by atoms with Crippen LogP contribution in [-0.2, 0) is 11.3 Å². The maximum atomic E-state index is 9.09. The zero-order valence-corrected chi connectivity index (χ0v) is 6.87. The van der Waals surface area contributed by atoms with Gasteiger partial charge in [0.05, 0.1) is 6.61 Å². The molecule has 0 saturated heterocycles. The highest BCUT2D eigenvalue weighted by Gasteiger charge is 2.04. The third-order valence-corrected chi connectivity index (χ3v) is 1.59. The molecule has 12 heavy (non-hydrogen) atoms. The van der Waals surface area contributed by atoms with E-state index in [4.69, 9.17) is 21.3 Å². The first-order valence-corrected chi connectivity index (χ1v) is 3.51. The molecule has 0 saturated carbocycles. The maximum absolute atomic E-state index is 9.09. The van der Waals surface area contributed by atoms with Gasteiger partial charge in [-0.2, -0.15) is 0 Å². The standard InChI is InChI=1S/C8H12N2O2/c1-12-4-6-7(9)2-5(11)3-8(6)10/h2-3,11H,4,9-10H2,1H3. The molecule has 0 amide bonds. The van der Waals surface area contributed by atoms with E-state index in [-0.39, 0.29) is 5.75 Å². The van der Waals surface area contributed by atoms with Crippen molar-refractivity contribution in [2.75, 3.05) is 18.6 Å². The number of nitrogen functional groups attached to an aromatic ring is 2. The molecule has 5 N–H and O–H groups in total. The van der Waals surface area contributed by atoms with Crippen molar-refractivity contribution in [2.45, 2.75) is 6.61 Å². The van der Waals surface area contributed by atoms with Crippen LogP contribution in [0, 0.1) is 0 Å². The second kappa shape index (κ2) is 3.32. The van der Waals surface area contributed by atoms with Crippen molar-refractivity contribution < 1.29 is 9.84 Å². The topological polar surface area (TPSA) is 81.5 Å². The summed E-state index contributed by atoms with van der Waals surface area (Å²) in [6.07, 6.45) is 0. The van der Waals surface area contributed by atoms with Gasteiger partial charge in [0, 0.05) is 36.2 Å². The summed E-state index contributed by atoms with van der Waals surface area (Å²) in [7, 11) is 1.56. The van der Waals surface area contributed by atoms with Gasteiger partial charge in [-0.25, -0.2) is 0 Å². The molecule has 0 aliphatic heterocycles. The fourth-order valence-electron chi connectivity index (χ4n) is 1.01. The van der Waals surface area contributed by atoms with Gasteiger partial charge in [-0.3, -0.25) is 0 Å². The van der Waals surface area contributed by atoms with Crippen LogP contribution >= 0.6 is 0 Å². The molecule has 0 bridgehead atoms. The number of ether oxygens (including phenoxy) is 1. The Balaban J connectivity index is 3.10. The third-order valence-electron chi connectivity index (χ3n) is 1.59. The second-order valence-electron chi connectivity index (χ2n) is 2.54. The Morgan fingerprint density at radius 1 is 1.33 bits per heavy atom. The van der Waals surface area contributed by atoms with E-state index in [1.165, 1.54) is 12.1 Å². The largest absolute Gasteiger partial charge is 0.508 e. The Bertz CT molecular complexity index is 263. The van der Waals surface area contributed by atoms with Crippen LogP contribution in [0.4, 0.5) is 11.4 Å². The highest BCUT2D eigenvalue weighted by atomic mass is 16.5. The summed E-state index contributed by atoms with van der Waals surface area (Å²) < 4.78 is 4.89. The van der Waals surface area contributed by atoms with Gasteiger partial charge in [-0.05, 0) is 0 Å². The average molecular weight is 168 g/mol. The molecule has 1 aromatic rings. The number of hydrogen-bond donors (Lipinski definition) is 3. The minimum Gasteiger partial charge on any atom is -0.508 e. The molecular weight excluding hydrogens is 156 g/mol. The summed E-state index contributed by atoms with van der Waals surface area (Å²) in [6, 6.07) is 2.90. The van der Waals surface area contributed by atoms with E-state index in [1.807, 2.05) is 0 Å². The van der Waals surface area contributed by atoms with Crippen LogP contribution in [0.1, 0.15) is 5.56 Å². The number of aromatic hydroxyl groups is 1. The Labute approximate surface area is 70.7 Å². The van der Waals surface area contributed by atoms with Crippen molar-refractivity contribution in [1.29, 1.82) is 0 Å². The summed E-state index contributed by atoms with van der Waals surface area (Å²) in [4.78, 5) is 0. The quantitative estimate of drug-likeness (QED) is 0.568. The molecule has 4 heteroatoms. The van der Waals surface area contributed by atoms with Crippen molar-refractivity contribution >= 4 is 11.4 Å². The highest BCUT2D eigenvalue weighted by Crippen LogP contribution is 2.25. The number of nitrogens with two attached hydrogens (primary N) is 2. The van der Waals surface area contributed by atoms with Crippen molar-refractivity contribution in [3.63, 3.8) is 0 Å². The molecule has 0 fully saturated rings. The van der Waals surface area contributed by atoms with Crippen LogP contribution in [0.5, 0.6) is 5.75 Å². The lowest BCUT2D eigenvalue weighted by Gasteiger charge is -2.08. The van der Waals surface area contributed by atoms with Crippen LogP contribution in [0.3, 0.4) is 0 Å². The molecule has 66 valence electrons. The first-order valence-electron chi connectivity index (χ1n) is 3.51. The van der Waals surface area contributed by atoms with Crippen molar-refractivity contribution in [3.05, 3.63) is 17.7 Å². The van der Waals surface area contributed by atoms with Crippen LogP contribution < -0.4 is 11.5 Å². The SMILES string of the molecule is COCc1c(N)cc(O)cc1N. The number of phenols is 1. The zero-order chi connectivity index (χ0) is 9.14. The van der Waals surface area contributed by atoms with Gasteiger partial charge < -0.3 is 21.3 Å². The van der Waals surface area contributed by atoms with Crippen molar-refractivity contribution in [2.24, 2.45) is 0 Å². The van der Waals surface area contributed by atoms with E-state index in [0.717, 1.165) is 5.56 Å². The van der Waals surface area contributed by atoms with Gasteiger partial charge >= 0.3 is 0 Å². The Hall–Kier alpha value is -1.42. The van der Waals surface area contributed by atoms with Gasteiger partial charge in [-0.15, -0.1) is 0 Å². The third kappa shape index (κ3) is 1.60. The number of rotatable bonds is 2. The van der Waals surface area contributed by atoms with E-state index < -0.39 is 0 Å². The Kier molecular flexibility index (Phi) is 2.40. The van der Waals surface area contributed by atoms with Gasteiger partial charge in [-0.1, -0.05) is 0 Å². The number of methoxy groups -OCH3 is 1. The fraction of sp³-hybridized carbons (Fsp3) is 0.250. The number of phenolic OH excluding ortho intramolecular Hbond substituents is 1. The van der Waals surface area contributed by atoms with Gasteiger partial charge in [0.2, 0.25) is 0 Å². The molecule has 0 aromatic heterocycles. The number of anilines is 2. The van der Waals surface area contributed by atoms with E-state index >= 15 is 0 Å². The highest BCUT2D eigenvalue weighted by molar-refractivity contribution is 5.64. The lowest BCUT2D eigenvalue weighted by atomic mass is 10.1. The van der Waals surface area contributed by atoms with Crippen LogP contribution in [0.25, 0.3) is 0 Å². The molecule has 0 unspecified atom stereocenters. The summed E-state index contributed by atoms with van der Waals surface area (Å²) >= 11 is 0. The minimum atomic E-state index is 0.0739. The lowest BCUT2D eigenvalue weighted by molar-refractivity contribution is 0.186. The van der Waals surface area contributed by atoms with Crippen molar-refractivity contribution in [1.82, 2.24) is 0 Å². The normalized spacial score (nSPS) is 10.1. The molecule has 0 aliphatic carbocycles. The zero-order valence-electron chi connectivity index (χ0n) is 6.87. The molecular formula is C8H12N2O2. The van der Waals surface area contributed by atoms with Gasteiger partial charge in [0.25, 0.3) is 0 Å². The minimum absolute atomic E-state index is 0.0739. The molecule has 0 radical (unpaired) electrons. The molecule has 0 aliphatic rings. The van der Waals surface area contributed by atoms with Gasteiger partial charge in [0.15, 0.2) is 0 Å². The summed E-state index contributed by atoms with van der Waals surface area (Å²) in [5.41, 5.74) is 12.8. The van der Waals surface area contributed by atoms with Crippen LogP contribution in [0.2, 0.25) is 0 Å². The predicted molar refractivity (Wildman–Crippen MR) is 47.6 cm³/mol. The molecule has 4 nitrogen and oxygen atoms in total. The predicted octanol–water partition coefficient (Wildman–Crippen LogP) is 0.703. The van der Waals surface area contributed by atoms with E-state index in [0.29, 0.717) is 18.0 Å². The number of benzene rings is 1. The Morgan fingerprint density at radius 3 is 2.25 bits per heavy atom. The molecule has 1 aromatic carbocycles. The first kappa shape index (κ1) is 8.67. The first-order chi connectivity index (χ1) is 5.65. The average Bonchev–Trinajstić information content (AvgIpc) is 1.96. The van der Waals surface area contributed by atoms with Gasteiger partial charge in [0.1, 0.15) is 5.75 Å². The molecule has 0 spiro atoms. The van der Waals surface area contributed by atoms with Crippen LogP contribution in [-0.4, -0.2) is 12.2 Å². The summed E-state index contributed by atoms with van der Waals surface area (Å²) in [6.45, 7) is 0.359. The monoisotopic (exact) mass is 168 g/mol.